The third-order valence-electron chi connectivity index (χ3n) is 4.57. The minimum Gasteiger partial charge on any atom is -0.468 e. The third kappa shape index (κ3) is 1.64. The van der Waals surface area contributed by atoms with E-state index in [-0.39, 0.29) is 11.6 Å². The molecule has 18 heavy (non-hydrogen) atoms. The van der Waals surface area contributed by atoms with Gasteiger partial charge in [0.25, 0.3) is 0 Å². The molecule has 3 rings (SSSR count). The van der Waals surface area contributed by atoms with Crippen LogP contribution in [0.15, 0.2) is 5.16 Å². The maximum atomic E-state index is 12.2. The van der Waals surface area contributed by atoms with Gasteiger partial charge in [0.1, 0.15) is 5.41 Å². The zero-order valence-corrected chi connectivity index (χ0v) is 10.8. The Labute approximate surface area is 107 Å². The summed E-state index contributed by atoms with van der Waals surface area (Å²) in [6, 6.07) is 0. The Morgan fingerprint density at radius 2 is 2.06 bits per heavy atom. The summed E-state index contributed by atoms with van der Waals surface area (Å²) in [5.74, 6) is -0.131. The van der Waals surface area contributed by atoms with Crippen molar-refractivity contribution in [1.29, 1.82) is 0 Å². The van der Waals surface area contributed by atoms with Crippen LogP contribution >= 0.6 is 0 Å². The van der Waals surface area contributed by atoms with Crippen LogP contribution in [0.5, 0.6) is 0 Å². The Kier molecular flexibility index (Phi) is 2.81. The van der Waals surface area contributed by atoms with E-state index in [4.69, 9.17) is 9.57 Å². The van der Waals surface area contributed by atoms with Crippen molar-refractivity contribution in [2.75, 3.05) is 20.2 Å². The molecule has 1 N–H and O–H groups in total. The van der Waals surface area contributed by atoms with E-state index in [2.05, 4.69) is 10.5 Å². The first kappa shape index (κ1) is 12.0. The highest BCUT2D eigenvalue weighted by Crippen LogP contribution is 2.44. The van der Waals surface area contributed by atoms with E-state index < -0.39 is 5.41 Å². The van der Waals surface area contributed by atoms with E-state index in [1.54, 1.807) is 0 Å². The van der Waals surface area contributed by atoms with Crippen molar-refractivity contribution >= 4 is 11.7 Å². The molecule has 1 aliphatic carbocycles. The van der Waals surface area contributed by atoms with E-state index in [0.717, 1.165) is 50.9 Å². The van der Waals surface area contributed by atoms with Crippen molar-refractivity contribution in [3.05, 3.63) is 0 Å². The fourth-order valence-corrected chi connectivity index (χ4v) is 3.33. The maximum Gasteiger partial charge on any atom is 0.317 e. The SMILES string of the molecule is COC(=O)C1(C2=NOC3(CNC3)C2)CCCCC1. The number of nitrogens with zero attached hydrogens (tertiary/aromatic N) is 1. The van der Waals surface area contributed by atoms with E-state index in [1.807, 2.05) is 0 Å². The first-order valence-corrected chi connectivity index (χ1v) is 6.76. The van der Waals surface area contributed by atoms with Crippen molar-refractivity contribution in [3.8, 4) is 0 Å². The standard InChI is InChI=1S/C13H20N2O3/c1-17-11(16)13(5-3-2-4-6-13)10-7-12(18-15-10)8-14-9-12/h14H,2-9H2,1H3. The molecule has 0 radical (unpaired) electrons. The van der Waals surface area contributed by atoms with E-state index >= 15 is 0 Å². The lowest BCUT2D eigenvalue weighted by atomic mass is 9.68. The lowest BCUT2D eigenvalue weighted by Gasteiger charge is -2.38. The van der Waals surface area contributed by atoms with Gasteiger partial charge in [0, 0.05) is 19.5 Å². The van der Waals surface area contributed by atoms with Crippen LogP contribution in [0.3, 0.4) is 0 Å². The second-order valence-electron chi connectivity index (χ2n) is 5.73. The van der Waals surface area contributed by atoms with Crippen LogP contribution in [-0.2, 0) is 14.4 Å². The van der Waals surface area contributed by atoms with Gasteiger partial charge < -0.3 is 14.9 Å². The molecular weight excluding hydrogens is 232 g/mol. The lowest BCUT2D eigenvalue weighted by molar-refractivity contribution is -0.150. The van der Waals surface area contributed by atoms with Gasteiger partial charge in [0.05, 0.1) is 12.8 Å². The lowest BCUT2D eigenvalue weighted by Crippen LogP contribution is -2.60. The third-order valence-corrected chi connectivity index (χ3v) is 4.57. The predicted octanol–water partition coefficient (Wildman–Crippen LogP) is 1.23. The maximum absolute atomic E-state index is 12.2. The number of hydrogen-bond acceptors (Lipinski definition) is 5. The molecule has 2 aliphatic heterocycles. The molecule has 5 nitrogen and oxygen atoms in total. The number of carbonyl (C=O) groups is 1. The summed E-state index contributed by atoms with van der Waals surface area (Å²) in [6.45, 7) is 1.66. The quantitative estimate of drug-likeness (QED) is 0.751. The molecule has 0 atom stereocenters. The molecule has 100 valence electrons. The van der Waals surface area contributed by atoms with Gasteiger partial charge in [-0.2, -0.15) is 0 Å². The predicted molar refractivity (Wildman–Crippen MR) is 66.3 cm³/mol. The first-order chi connectivity index (χ1) is 8.71. The molecule has 0 aromatic carbocycles. The van der Waals surface area contributed by atoms with Crippen molar-refractivity contribution in [3.63, 3.8) is 0 Å². The van der Waals surface area contributed by atoms with Crippen LogP contribution in [0.2, 0.25) is 0 Å². The topological polar surface area (TPSA) is 59.9 Å². The molecule has 1 spiro atoms. The highest BCUT2D eigenvalue weighted by molar-refractivity contribution is 6.07. The number of oxime groups is 1. The minimum absolute atomic E-state index is 0.131. The van der Waals surface area contributed by atoms with Crippen molar-refractivity contribution in [2.45, 2.75) is 44.1 Å². The number of methoxy groups -OCH3 is 1. The first-order valence-electron chi connectivity index (χ1n) is 6.76. The molecular formula is C13H20N2O3. The normalized spacial score (nSPS) is 28.2. The Bertz CT molecular complexity index is 382. The zero-order valence-electron chi connectivity index (χ0n) is 10.8. The molecule has 2 heterocycles. The molecule has 5 heteroatoms. The van der Waals surface area contributed by atoms with Gasteiger partial charge in [-0.05, 0) is 12.8 Å². The monoisotopic (exact) mass is 252 g/mol. The van der Waals surface area contributed by atoms with Crippen LogP contribution in [-0.4, -0.2) is 37.5 Å². The summed E-state index contributed by atoms with van der Waals surface area (Å²) in [5.41, 5.74) is 0.232. The van der Waals surface area contributed by atoms with Crippen LogP contribution in [0.1, 0.15) is 38.5 Å². The molecule has 0 aromatic rings. The van der Waals surface area contributed by atoms with Gasteiger partial charge in [-0.1, -0.05) is 24.4 Å². The molecule has 1 saturated heterocycles. The van der Waals surface area contributed by atoms with Gasteiger partial charge in [-0.15, -0.1) is 0 Å². The van der Waals surface area contributed by atoms with Gasteiger partial charge >= 0.3 is 5.97 Å². The summed E-state index contributed by atoms with van der Waals surface area (Å²) >= 11 is 0. The fraction of sp³-hybridized carbons (Fsp3) is 0.846. The molecule has 0 bridgehead atoms. The average Bonchev–Trinajstić information content (AvgIpc) is 2.84. The van der Waals surface area contributed by atoms with E-state index in [9.17, 15) is 4.79 Å². The van der Waals surface area contributed by atoms with Gasteiger partial charge in [-0.3, -0.25) is 4.79 Å². The summed E-state index contributed by atoms with van der Waals surface area (Å²) < 4.78 is 5.03. The number of hydrogen-bond donors (Lipinski definition) is 1. The Hall–Kier alpha value is -1.10. The molecule has 0 aromatic heterocycles. The average molecular weight is 252 g/mol. The summed E-state index contributed by atoms with van der Waals surface area (Å²) in [6.07, 6.45) is 5.81. The van der Waals surface area contributed by atoms with Crippen LogP contribution in [0.25, 0.3) is 0 Å². The molecule has 2 fully saturated rings. The second-order valence-corrected chi connectivity index (χ2v) is 5.73. The fourth-order valence-electron chi connectivity index (χ4n) is 3.33. The number of nitrogens with one attached hydrogen (secondary N) is 1. The Balaban J connectivity index is 1.83. The summed E-state index contributed by atoms with van der Waals surface area (Å²) in [7, 11) is 1.47. The Morgan fingerprint density at radius 1 is 1.33 bits per heavy atom. The second kappa shape index (κ2) is 4.23. The molecule has 1 saturated carbocycles. The van der Waals surface area contributed by atoms with E-state index in [0.29, 0.717) is 0 Å². The van der Waals surface area contributed by atoms with Gasteiger partial charge in [0.2, 0.25) is 0 Å². The Morgan fingerprint density at radius 3 is 2.56 bits per heavy atom. The van der Waals surface area contributed by atoms with Gasteiger partial charge in [0.15, 0.2) is 5.60 Å². The summed E-state index contributed by atoms with van der Waals surface area (Å²) in [4.78, 5) is 17.8. The largest absolute Gasteiger partial charge is 0.468 e. The van der Waals surface area contributed by atoms with Crippen molar-refractivity contribution < 1.29 is 14.4 Å². The highest BCUT2D eigenvalue weighted by atomic mass is 16.7. The molecule has 0 amide bonds. The number of esters is 1. The number of ether oxygens (including phenoxy) is 1. The minimum atomic E-state index is -0.508. The zero-order chi connectivity index (χ0) is 12.6. The van der Waals surface area contributed by atoms with Crippen molar-refractivity contribution in [1.82, 2.24) is 5.32 Å². The van der Waals surface area contributed by atoms with Crippen LogP contribution < -0.4 is 5.32 Å². The molecule has 3 aliphatic rings. The van der Waals surface area contributed by atoms with E-state index in [1.165, 1.54) is 13.5 Å². The highest BCUT2D eigenvalue weighted by Gasteiger charge is 2.54. The van der Waals surface area contributed by atoms with Crippen LogP contribution in [0.4, 0.5) is 0 Å². The smallest absolute Gasteiger partial charge is 0.317 e. The number of carbonyl (C=O) groups excluding carboxylic acids is 1. The summed E-state index contributed by atoms with van der Waals surface area (Å²) in [5, 5.41) is 7.46. The van der Waals surface area contributed by atoms with Gasteiger partial charge in [-0.25, -0.2) is 0 Å². The molecule has 0 unspecified atom stereocenters. The van der Waals surface area contributed by atoms with Crippen molar-refractivity contribution in [2.24, 2.45) is 10.6 Å². The number of rotatable bonds is 2. The van der Waals surface area contributed by atoms with Crippen LogP contribution in [0, 0.1) is 5.41 Å².